The second-order valence-electron chi connectivity index (χ2n) is 11.5. The minimum absolute atomic E-state index is 0.0914. The molecule has 1 saturated carbocycles. The molecule has 0 spiro atoms. The SMILES string of the molecule is O=C1c2cc3ccccc3n2C[C@@](C(=O)NC2CCCCCCC2)(c2ccccc2)N1Cc1ccc2c(c1)OCO2. The Kier molecular flexibility index (Phi) is 6.65. The van der Waals surface area contributed by atoms with Gasteiger partial charge in [-0.2, -0.15) is 0 Å². The Hall–Kier alpha value is -4.26. The first kappa shape index (κ1) is 25.7. The van der Waals surface area contributed by atoms with E-state index < -0.39 is 5.54 Å². The van der Waals surface area contributed by atoms with Crippen LogP contribution in [0.3, 0.4) is 0 Å². The third-order valence-corrected chi connectivity index (χ3v) is 8.97. The summed E-state index contributed by atoms with van der Waals surface area (Å²) in [4.78, 5) is 31.2. The summed E-state index contributed by atoms with van der Waals surface area (Å²) in [5.74, 6) is 1.06. The molecule has 0 unspecified atom stereocenters. The van der Waals surface area contributed by atoms with E-state index in [0.29, 0.717) is 23.7 Å². The number of hydrogen-bond donors (Lipinski definition) is 1. The highest BCUT2D eigenvalue weighted by Gasteiger charge is 2.52. The summed E-state index contributed by atoms with van der Waals surface area (Å²) in [6, 6.07) is 25.6. The molecule has 0 bridgehead atoms. The summed E-state index contributed by atoms with van der Waals surface area (Å²) in [5.41, 5.74) is 1.99. The maximum Gasteiger partial charge on any atom is 0.272 e. The number of nitrogens with one attached hydrogen (secondary N) is 1. The second kappa shape index (κ2) is 10.6. The molecule has 2 aliphatic heterocycles. The van der Waals surface area contributed by atoms with Crippen molar-refractivity contribution in [1.29, 1.82) is 0 Å². The molecular formula is C34H35N3O4. The number of aromatic nitrogens is 1. The summed E-state index contributed by atoms with van der Waals surface area (Å²) in [6.45, 7) is 0.762. The van der Waals surface area contributed by atoms with Gasteiger partial charge in [-0.1, -0.05) is 86.7 Å². The quantitative estimate of drug-likeness (QED) is 0.324. The van der Waals surface area contributed by atoms with Crippen LogP contribution in [0, 0.1) is 0 Å². The normalized spacial score (nSPS) is 20.9. The monoisotopic (exact) mass is 549 g/mol. The first-order valence-electron chi connectivity index (χ1n) is 14.8. The number of hydrogen-bond acceptors (Lipinski definition) is 4. The molecule has 4 aromatic rings. The lowest BCUT2D eigenvalue weighted by atomic mass is 9.83. The fourth-order valence-electron chi connectivity index (χ4n) is 6.80. The van der Waals surface area contributed by atoms with Crippen molar-refractivity contribution in [2.75, 3.05) is 6.79 Å². The van der Waals surface area contributed by atoms with Gasteiger partial charge in [-0.25, -0.2) is 0 Å². The summed E-state index contributed by atoms with van der Waals surface area (Å²) in [5, 5.41) is 4.44. The Bertz CT molecular complexity index is 1590. The van der Waals surface area contributed by atoms with Gasteiger partial charge in [0.2, 0.25) is 6.79 Å². The van der Waals surface area contributed by atoms with Crippen molar-refractivity contribution in [3.63, 3.8) is 0 Å². The lowest BCUT2D eigenvalue weighted by Gasteiger charge is -2.47. The molecule has 7 nitrogen and oxygen atoms in total. The van der Waals surface area contributed by atoms with Crippen molar-refractivity contribution in [2.45, 2.75) is 69.6 Å². The van der Waals surface area contributed by atoms with Crippen molar-refractivity contribution < 1.29 is 19.1 Å². The molecule has 3 aromatic carbocycles. The van der Waals surface area contributed by atoms with Gasteiger partial charge < -0.3 is 24.3 Å². The van der Waals surface area contributed by atoms with Gasteiger partial charge >= 0.3 is 0 Å². The average Bonchev–Trinajstić information content (AvgIpc) is 3.60. The van der Waals surface area contributed by atoms with E-state index in [1.165, 1.54) is 19.3 Å². The third kappa shape index (κ3) is 4.53. The molecule has 0 saturated heterocycles. The van der Waals surface area contributed by atoms with Crippen LogP contribution in [0.25, 0.3) is 10.9 Å². The molecule has 2 amide bonds. The minimum atomic E-state index is -1.24. The maximum absolute atomic E-state index is 14.8. The fraction of sp³-hybridized carbons (Fsp3) is 0.353. The topological polar surface area (TPSA) is 72.8 Å². The lowest BCUT2D eigenvalue weighted by Crippen LogP contribution is -2.64. The summed E-state index contributed by atoms with van der Waals surface area (Å²) in [6.07, 6.45) is 7.79. The smallest absolute Gasteiger partial charge is 0.272 e. The fourth-order valence-corrected chi connectivity index (χ4v) is 6.80. The molecule has 3 aliphatic rings. The zero-order chi connectivity index (χ0) is 27.8. The number of benzene rings is 3. The minimum Gasteiger partial charge on any atom is -0.454 e. The van der Waals surface area contributed by atoms with Gasteiger partial charge in [0.25, 0.3) is 11.8 Å². The summed E-state index contributed by atoms with van der Waals surface area (Å²) < 4.78 is 13.2. The third-order valence-electron chi connectivity index (χ3n) is 8.97. The molecule has 210 valence electrons. The predicted molar refractivity (Wildman–Crippen MR) is 157 cm³/mol. The van der Waals surface area contributed by atoms with Gasteiger partial charge in [0.1, 0.15) is 5.69 Å². The molecule has 1 atom stereocenters. The highest BCUT2D eigenvalue weighted by molar-refractivity contribution is 6.04. The van der Waals surface area contributed by atoms with Crippen molar-refractivity contribution in [3.8, 4) is 11.5 Å². The molecule has 1 aliphatic carbocycles. The number of ether oxygens (including phenoxy) is 2. The molecule has 1 fully saturated rings. The number of para-hydroxylation sites is 1. The standard InChI is InChI=1S/C34H35N3O4/c38-32-29-20-25-11-9-10-16-28(25)36(29)22-34(26-12-5-4-6-13-26,33(39)35-27-14-7-2-1-3-8-15-27)37(32)21-24-17-18-30-31(19-24)41-23-40-30/h4-6,9-13,16-20,27H,1-3,7-8,14-15,21-23H2,(H,35,39)/t34-/m0/s1. The van der Waals surface area contributed by atoms with E-state index in [2.05, 4.69) is 5.32 Å². The lowest BCUT2D eigenvalue weighted by molar-refractivity contribution is -0.136. The maximum atomic E-state index is 14.8. The Morgan fingerprint density at radius 2 is 1.59 bits per heavy atom. The van der Waals surface area contributed by atoms with E-state index in [4.69, 9.17) is 9.47 Å². The molecular weight excluding hydrogens is 514 g/mol. The van der Waals surface area contributed by atoms with E-state index in [1.54, 1.807) is 4.90 Å². The van der Waals surface area contributed by atoms with E-state index in [1.807, 2.05) is 83.4 Å². The molecule has 1 aromatic heterocycles. The van der Waals surface area contributed by atoms with E-state index >= 15 is 0 Å². The molecule has 3 heterocycles. The van der Waals surface area contributed by atoms with Crippen molar-refractivity contribution in [1.82, 2.24) is 14.8 Å². The van der Waals surface area contributed by atoms with Crippen LogP contribution >= 0.6 is 0 Å². The van der Waals surface area contributed by atoms with Crippen molar-refractivity contribution in [3.05, 3.63) is 95.7 Å². The van der Waals surface area contributed by atoms with Crippen LogP contribution in [0.2, 0.25) is 0 Å². The molecule has 7 heteroatoms. The molecule has 0 radical (unpaired) electrons. The second-order valence-corrected chi connectivity index (χ2v) is 11.5. The molecule has 1 N–H and O–H groups in total. The molecule has 41 heavy (non-hydrogen) atoms. The summed E-state index contributed by atoms with van der Waals surface area (Å²) in [7, 11) is 0. The van der Waals surface area contributed by atoms with Crippen LogP contribution in [0.5, 0.6) is 11.5 Å². The number of nitrogens with zero attached hydrogens (tertiary/aromatic N) is 2. The highest BCUT2D eigenvalue weighted by atomic mass is 16.7. The number of rotatable bonds is 5. The van der Waals surface area contributed by atoms with Crippen molar-refractivity contribution in [2.24, 2.45) is 0 Å². The van der Waals surface area contributed by atoms with E-state index in [-0.39, 0.29) is 31.2 Å². The van der Waals surface area contributed by atoms with E-state index in [9.17, 15) is 9.59 Å². The first-order chi connectivity index (χ1) is 20.1. The largest absolute Gasteiger partial charge is 0.454 e. The van der Waals surface area contributed by atoms with E-state index in [0.717, 1.165) is 47.7 Å². The zero-order valence-electron chi connectivity index (χ0n) is 23.2. The number of carbonyl (C=O) groups is 2. The Morgan fingerprint density at radius 1 is 0.854 bits per heavy atom. The van der Waals surface area contributed by atoms with Crippen LogP contribution in [0.4, 0.5) is 0 Å². The van der Waals surface area contributed by atoms with Crippen LogP contribution in [-0.2, 0) is 23.4 Å². The summed E-state index contributed by atoms with van der Waals surface area (Å²) >= 11 is 0. The van der Waals surface area contributed by atoms with Gasteiger partial charge in [0, 0.05) is 23.5 Å². The van der Waals surface area contributed by atoms with Crippen LogP contribution in [-0.4, -0.2) is 34.1 Å². The Balaban J connectivity index is 1.37. The predicted octanol–water partition coefficient (Wildman–Crippen LogP) is 6.15. The number of amides is 2. The number of fused-ring (bicyclic) bond motifs is 4. The highest BCUT2D eigenvalue weighted by Crippen LogP contribution is 2.41. The number of carbonyl (C=O) groups excluding carboxylic acids is 2. The first-order valence-corrected chi connectivity index (χ1v) is 14.8. The van der Waals surface area contributed by atoms with Gasteiger partial charge in [-0.15, -0.1) is 0 Å². The van der Waals surface area contributed by atoms with Gasteiger partial charge in [-0.05, 0) is 48.2 Å². The van der Waals surface area contributed by atoms with Crippen LogP contribution < -0.4 is 14.8 Å². The van der Waals surface area contributed by atoms with Crippen LogP contribution in [0.15, 0.2) is 78.9 Å². The average molecular weight is 550 g/mol. The zero-order valence-corrected chi connectivity index (χ0v) is 23.2. The Morgan fingerprint density at radius 3 is 2.41 bits per heavy atom. The van der Waals surface area contributed by atoms with Gasteiger partial charge in [0.05, 0.1) is 6.54 Å². The van der Waals surface area contributed by atoms with Crippen LogP contribution in [0.1, 0.15) is 66.6 Å². The molecule has 7 rings (SSSR count). The van der Waals surface area contributed by atoms with Gasteiger partial charge in [-0.3, -0.25) is 9.59 Å². The Labute approximate surface area is 240 Å². The van der Waals surface area contributed by atoms with Crippen molar-refractivity contribution >= 4 is 22.7 Å². The van der Waals surface area contributed by atoms with Gasteiger partial charge in [0.15, 0.2) is 17.0 Å².